The first kappa shape index (κ1) is 88.5. The Morgan fingerprint density at radius 1 is 0.350 bits per heavy atom. The predicted octanol–water partition coefficient (Wildman–Crippen LogP) is 16.7. The van der Waals surface area contributed by atoms with Crippen LogP contribution in [0.5, 0.6) is 0 Å². The van der Waals surface area contributed by atoms with Gasteiger partial charge in [-0.3, -0.25) is 14.4 Å². The number of hydrogen-bond acceptors (Lipinski definition) is 15. The Bertz CT molecular complexity index is 4560. The summed E-state index contributed by atoms with van der Waals surface area (Å²) in [5, 5.41) is 112. The van der Waals surface area contributed by atoms with Crippen LogP contribution in [0.15, 0.2) is 53.5 Å². The van der Waals surface area contributed by atoms with Gasteiger partial charge in [-0.05, 0) is 308 Å². The summed E-state index contributed by atoms with van der Waals surface area (Å²) >= 11 is 0. The highest BCUT2D eigenvalue weighted by Crippen LogP contribution is 2.81. The summed E-state index contributed by atoms with van der Waals surface area (Å²) in [5.41, 5.74) is 0.757. The SMILES string of the molecule is CC1(C)CC[C@@]2(C(=O)NCc3cn(CC(Cn4cc(CNC(=O)[C@]56CCC(C)(C)CC5C5=CCC7[C@@]8(C)CC[C@H](O)C(C)(C)C8CC[C@@]7(C)[C@]5(C)C[C@H]6O)nn4)n4cc(CNC(=O)[C@]56CCC(C)(C)CC5C5=CCC7[C@@]8(C)CC[C@H](O)C(C)(C)C8CC[C@@]7(C)[C@]5(C)C[C@H]6O)nn4)nn3)C(C1)C1=CCC3[C@@]4(C)CC[C@H](O)C(C)(C)C4CC[C@@]3(C)[C@]1(C)C[C@H]2O. The average molecular weight is 1700 g/mol. The number of rotatable bonds is 14. The summed E-state index contributed by atoms with van der Waals surface area (Å²) in [6, 6.07) is -0.519. The van der Waals surface area contributed by atoms with Gasteiger partial charge in [0.15, 0.2) is 0 Å². The van der Waals surface area contributed by atoms with Gasteiger partial charge in [0, 0.05) is 0 Å². The number of fused-ring (bicyclic) bond motifs is 21. The second kappa shape index (κ2) is 28.7. The lowest BCUT2D eigenvalue weighted by Gasteiger charge is -2.71. The number of carbonyl (C=O) groups is 3. The van der Waals surface area contributed by atoms with E-state index >= 15 is 14.4 Å². The van der Waals surface area contributed by atoms with Crippen LogP contribution in [0.1, 0.15) is 342 Å². The molecule has 3 amide bonds. The van der Waals surface area contributed by atoms with Gasteiger partial charge in [-0.2, -0.15) is 0 Å². The fourth-order valence-corrected chi connectivity index (χ4v) is 35.5. The average Bonchev–Trinajstić information content (AvgIpc) is 1.60. The molecule has 123 heavy (non-hydrogen) atoms. The maximum atomic E-state index is 15.7. The molecule has 3 aromatic heterocycles. The highest BCUT2D eigenvalue weighted by Gasteiger charge is 2.76. The van der Waals surface area contributed by atoms with Crippen LogP contribution in [0.4, 0.5) is 0 Å². The maximum absolute atomic E-state index is 15.7. The van der Waals surface area contributed by atoms with Crippen LogP contribution >= 0.6 is 0 Å². The first-order valence-electron chi connectivity index (χ1n) is 49.0. The van der Waals surface area contributed by atoms with Crippen molar-refractivity contribution in [2.75, 3.05) is 0 Å². The van der Waals surface area contributed by atoms with Gasteiger partial charge in [-0.15, -0.1) is 15.3 Å². The van der Waals surface area contributed by atoms with Crippen molar-refractivity contribution in [1.29, 1.82) is 0 Å². The van der Waals surface area contributed by atoms with Gasteiger partial charge in [-0.1, -0.05) is 196 Å². The molecule has 3 heterocycles. The molecule has 0 saturated heterocycles. The van der Waals surface area contributed by atoms with E-state index in [0.717, 1.165) is 135 Å². The third kappa shape index (κ3) is 12.4. The smallest absolute Gasteiger partial charge is 0.229 e. The first-order chi connectivity index (χ1) is 57.3. The Balaban J connectivity index is 0.607. The Morgan fingerprint density at radius 3 is 0.935 bits per heavy atom. The summed E-state index contributed by atoms with van der Waals surface area (Å²) in [6.45, 7) is 50.8. The molecule has 0 aromatic carbocycles. The minimum Gasteiger partial charge on any atom is -0.393 e. The highest BCUT2D eigenvalue weighted by atomic mass is 16.3. The number of aliphatic hydroxyl groups is 6. The lowest BCUT2D eigenvalue weighted by Crippen LogP contribution is -2.68. The van der Waals surface area contributed by atoms with E-state index in [0.29, 0.717) is 91.1 Å². The predicted molar refractivity (Wildman–Crippen MR) is 474 cm³/mol. The molecule has 12 saturated carbocycles. The van der Waals surface area contributed by atoms with Crippen LogP contribution in [0.3, 0.4) is 0 Å². The summed E-state index contributed by atoms with van der Waals surface area (Å²) in [7, 11) is 0. The van der Waals surface area contributed by atoms with Crippen molar-refractivity contribution < 1.29 is 45.0 Å². The molecule has 0 aliphatic heterocycles. The third-order valence-corrected chi connectivity index (χ3v) is 43.4. The molecule has 12 fully saturated rings. The van der Waals surface area contributed by atoms with E-state index in [4.69, 9.17) is 30.9 Å². The molecule has 3 aromatic rings. The zero-order valence-corrected chi connectivity index (χ0v) is 79.3. The van der Waals surface area contributed by atoms with Crippen LogP contribution in [-0.2, 0) is 47.1 Å². The van der Waals surface area contributed by atoms with Gasteiger partial charge in [-0.25, -0.2) is 14.0 Å². The Morgan fingerprint density at radius 2 is 0.634 bits per heavy atom. The lowest BCUT2D eigenvalue weighted by atomic mass is 9.33. The summed E-state index contributed by atoms with van der Waals surface area (Å²) in [4.78, 5) is 47.0. The molecule has 21 nitrogen and oxygen atoms in total. The summed E-state index contributed by atoms with van der Waals surface area (Å²) < 4.78 is 5.32. The number of nitrogens with one attached hydrogen (secondary N) is 3. The van der Waals surface area contributed by atoms with Crippen molar-refractivity contribution in [2.24, 2.45) is 151 Å². The van der Waals surface area contributed by atoms with Gasteiger partial charge in [0.1, 0.15) is 17.1 Å². The molecule has 21 heteroatoms. The van der Waals surface area contributed by atoms with Crippen LogP contribution in [0.2, 0.25) is 0 Å². The maximum Gasteiger partial charge on any atom is 0.229 e. The number of carbonyl (C=O) groups excluding carboxylic acids is 3. The monoisotopic (exact) mass is 1700 g/mol. The topological polar surface area (TPSA) is 301 Å². The van der Waals surface area contributed by atoms with Crippen molar-refractivity contribution in [2.45, 2.75) is 394 Å². The number of aromatic nitrogens is 9. The standard InChI is InChI=1S/C102H158N12O9/c1-85(2)40-43-100(67(46-85)64-22-25-73-91(13)34-31-76(115)88(7,8)70(91)28-37-94(73,16)97(64,19)49-79(100)118)82(121)103-52-60-55-112(109-106-60)58-63(114-57-62(108-111-114)54-105-84(123)102-45-42-87(5,6)48-69(102)66-24-27-75-93(15)36-33-78(117)90(11,12)72(93)30-39-96(75,18)99(66,21)51-81(102)120)59-113-56-61(107-110-113)53-104-83(122)101-44-41-86(3,4)47-68(101)65-23-26-74-92(14)35-32-77(116)89(9,10)71(92)29-38-95(74,17)98(65,20)50-80(101)119/h22-24,55-57,63,67-81,115-120H,25-54,58-59H2,1-21H3,(H,103,121)(H,104,122)(H,105,123)/t63?,67?,68?,69?,70?,71?,72?,73?,74?,75?,76-,77-,78-,79+,80+,81+,91-,92-,93-,94+,95+,96+,97+,98+,99+,100+,101+,102+/m0/s1. The van der Waals surface area contributed by atoms with E-state index in [1.807, 2.05) is 18.6 Å². The van der Waals surface area contributed by atoms with Crippen LogP contribution in [0, 0.1) is 151 Å². The molecule has 0 radical (unpaired) electrons. The summed E-state index contributed by atoms with van der Waals surface area (Å²) in [5.74, 6) is 1.45. The molecule has 9 unspecified atom stereocenters. The molecular weight excluding hydrogens is 1540 g/mol. The van der Waals surface area contributed by atoms with E-state index in [1.54, 1.807) is 14.0 Å². The quantitative estimate of drug-likeness (QED) is 0.0678. The molecular formula is C102H158N12O9. The first-order valence-corrected chi connectivity index (χ1v) is 49.0. The second-order valence-electron chi connectivity index (χ2n) is 51.3. The number of nitrogens with zero attached hydrogens (tertiary/aromatic N) is 9. The number of amides is 3. The fraction of sp³-hybridized carbons (Fsp3) is 0.853. The van der Waals surface area contributed by atoms with Crippen LogP contribution < -0.4 is 16.0 Å². The number of allylic oxidation sites excluding steroid dienone is 6. The molecule has 0 spiro atoms. The van der Waals surface area contributed by atoms with Crippen LogP contribution in [0.25, 0.3) is 0 Å². The van der Waals surface area contributed by atoms with E-state index in [-0.39, 0.29) is 168 Å². The van der Waals surface area contributed by atoms with E-state index < -0.39 is 40.6 Å². The van der Waals surface area contributed by atoms with E-state index in [9.17, 15) is 30.6 Å². The molecule has 27 atom stereocenters. The Labute approximate surface area is 735 Å². The summed E-state index contributed by atoms with van der Waals surface area (Å²) in [6.07, 6.45) is 32.1. The van der Waals surface area contributed by atoms with Crippen molar-refractivity contribution in [3.63, 3.8) is 0 Å². The molecule has 680 valence electrons. The van der Waals surface area contributed by atoms with Crippen LogP contribution in [-0.4, -0.2) is 130 Å². The van der Waals surface area contributed by atoms with E-state index in [2.05, 4.69) is 180 Å². The Kier molecular flexibility index (Phi) is 20.6. The highest BCUT2D eigenvalue weighted by molar-refractivity contribution is 5.86. The van der Waals surface area contributed by atoms with E-state index in [1.165, 1.54) is 16.7 Å². The third-order valence-electron chi connectivity index (χ3n) is 43.4. The molecule has 15 aliphatic carbocycles. The zero-order valence-electron chi connectivity index (χ0n) is 79.3. The Hall–Kier alpha value is -5.19. The lowest BCUT2D eigenvalue weighted by molar-refractivity contribution is -0.215. The van der Waals surface area contributed by atoms with Gasteiger partial charge in [0.25, 0.3) is 0 Å². The molecule has 18 rings (SSSR count). The number of aliphatic hydroxyl groups excluding tert-OH is 6. The second-order valence-corrected chi connectivity index (χ2v) is 51.3. The van der Waals surface area contributed by atoms with Gasteiger partial charge in [0.2, 0.25) is 17.7 Å². The van der Waals surface area contributed by atoms with Crippen molar-refractivity contribution >= 4 is 17.7 Å². The largest absolute Gasteiger partial charge is 0.393 e. The normalized spacial score (nSPS) is 46.9. The molecule has 9 N–H and O–H groups in total. The van der Waals surface area contributed by atoms with Crippen molar-refractivity contribution in [3.05, 3.63) is 70.6 Å². The fourth-order valence-electron chi connectivity index (χ4n) is 35.5. The van der Waals surface area contributed by atoms with Gasteiger partial charge in [0.05, 0.1) is 110 Å². The minimum absolute atomic E-state index is 0.0331. The molecule has 15 aliphatic rings. The van der Waals surface area contributed by atoms with Gasteiger partial charge < -0.3 is 46.6 Å². The van der Waals surface area contributed by atoms with Crippen molar-refractivity contribution in [1.82, 2.24) is 60.9 Å². The van der Waals surface area contributed by atoms with Crippen molar-refractivity contribution in [3.8, 4) is 0 Å². The van der Waals surface area contributed by atoms with Gasteiger partial charge >= 0.3 is 0 Å². The zero-order chi connectivity index (χ0) is 88.4. The number of hydrogen-bond donors (Lipinski definition) is 9. The molecule has 0 bridgehead atoms. The minimum atomic E-state index is -1.05.